The van der Waals surface area contributed by atoms with Gasteiger partial charge in [-0.25, -0.2) is 10.8 Å². The SMILES string of the molecule is CN1CCC(CN(C)c2cc(C(F)(F)F)nc(NN)n2)C1. The molecule has 1 fully saturated rings. The number of hydrogen-bond donors (Lipinski definition) is 2. The molecule has 0 saturated carbocycles. The zero-order valence-corrected chi connectivity index (χ0v) is 12.0. The summed E-state index contributed by atoms with van der Waals surface area (Å²) in [6.07, 6.45) is -3.50. The number of anilines is 2. The highest BCUT2D eigenvalue weighted by Gasteiger charge is 2.34. The summed E-state index contributed by atoms with van der Waals surface area (Å²) in [5.41, 5.74) is 1.07. The topological polar surface area (TPSA) is 70.3 Å². The monoisotopic (exact) mass is 304 g/mol. The lowest BCUT2D eigenvalue weighted by Gasteiger charge is -2.23. The van der Waals surface area contributed by atoms with Gasteiger partial charge in [0.2, 0.25) is 5.95 Å². The molecule has 21 heavy (non-hydrogen) atoms. The minimum absolute atomic E-state index is 0.208. The Morgan fingerprint density at radius 3 is 2.71 bits per heavy atom. The van der Waals surface area contributed by atoms with Crippen molar-refractivity contribution in [2.45, 2.75) is 12.6 Å². The van der Waals surface area contributed by atoms with Crippen LogP contribution in [0, 0.1) is 5.92 Å². The lowest BCUT2D eigenvalue weighted by atomic mass is 10.1. The van der Waals surface area contributed by atoms with E-state index in [2.05, 4.69) is 20.3 Å². The Balaban J connectivity index is 2.17. The summed E-state index contributed by atoms with van der Waals surface area (Å²) < 4.78 is 38.5. The summed E-state index contributed by atoms with van der Waals surface area (Å²) in [4.78, 5) is 11.2. The van der Waals surface area contributed by atoms with Crippen LogP contribution in [0.3, 0.4) is 0 Å². The highest BCUT2D eigenvalue weighted by atomic mass is 19.4. The predicted octanol–water partition coefficient (Wildman–Crippen LogP) is 1.17. The first kappa shape index (κ1) is 15.8. The third kappa shape index (κ3) is 3.94. The zero-order valence-electron chi connectivity index (χ0n) is 12.0. The number of nitrogens with zero attached hydrogens (tertiary/aromatic N) is 4. The number of hydrogen-bond acceptors (Lipinski definition) is 6. The van der Waals surface area contributed by atoms with E-state index in [0.29, 0.717) is 12.5 Å². The molecule has 0 spiro atoms. The fraction of sp³-hybridized carbons (Fsp3) is 0.667. The normalized spacial score (nSPS) is 19.8. The fourth-order valence-corrected chi connectivity index (χ4v) is 2.50. The Morgan fingerprint density at radius 2 is 2.19 bits per heavy atom. The first-order chi connectivity index (χ1) is 9.79. The molecule has 1 saturated heterocycles. The first-order valence-electron chi connectivity index (χ1n) is 6.62. The second kappa shape index (κ2) is 6.02. The van der Waals surface area contributed by atoms with E-state index in [0.717, 1.165) is 25.6 Å². The second-order valence-electron chi connectivity index (χ2n) is 5.37. The molecular weight excluding hydrogens is 285 g/mol. The minimum atomic E-state index is -4.53. The summed E-state index contributed by atoms with van der Waals surface area (Å²) in [6, 6.07) is 0.944. The van der Waals surface area contributed by atoms with Gasteiger partial charge in [0, 0.05) is 26.2 Å². The van der Waals surface area contributed by atoms with Gasteiger partial charge in [-0.05, 0) is 25.9 Å². The fourth-order valence-electron chi connectivity index (χ4n) is 2.50. The van der Waals surface area contributed by atoms with Crippen LogP contribution in [0.5, 0.6) is 0 Å². The molecule has 9 heteroatoms. The van der Waals surface area contributed by atoms with E-state index in [1.807, 2.05) is 7.05 Å². The van der Waals surface area contributed by atoms with Crippen molar-refractivity contribution < 1.29 is 13.2 Å². The van der Waals surface area contributed by atoms with Crippen molar-refractivity contribution >= 4 is 11.8 Å². The maximum atomic E-state index is 12.8. The van der Waals surface area contributed by atoms with Crippen molar-refractivity contribution in [3.05, 3.63) is 11.8 Å². The molecule has 1 aromatic rings. The second-order valence-corrected chi connectivity index (χ2v) is 5.37. The third-order valence-electron chi connectivity index (χ3n) is 3.54. The number of hydrazine groups is 1. The molecule has 1 atom stereocenters. The van der Waals surface area contributed by atoms with Gasteiger partial charge in [-0.15, -0.1) is 0 Å². The highest BCUT2D eigenvalue weighted by molar-refractivity contribution is 5.44. The maximum Gasteiger partial charge on any atom is 0.433 e. The molecule has 1 aliphatic heterocycles. The van der Waals surface area contributed by atoms with E-state index in [1.54, 1.807) is 11.9 Å². The molecule has 0 aromatic carbocycles. The summed E-state index contributed by atoms with van der Waals surface area (Å²) >= 11 is 0. The molecular formula is C12H19F3N6. The number of halogens is 3. The number of nitrogens with two attached hydrogens (primary N) is 1. The number of nitrogens with one attached hydrogen (secondary N) is 1. The first-order valence-corrected chi connectivity index (χ1v) is 6.62. The van der Waals surface area contributed by atoms with Crippen LogP contribution in [-0.4, -0.2) is 48.6 Å². The van der Waals surface area contributed by atoms with E-state index in [-0.39, 0.29) is 11.8 Å². The molecule has 1 aromatic heterocycles. The van der Waals surface area contributed by atoms with Crippen molar-refractivity contribution in [1.82, 2.24) is 14.9 Å². The molecule has 0 bridgehead atoms. The van der Waals surface area contributed by atoms with Gasteiger partial charge in [0.25, 0.3) is 0 Å². The molecule has 2 rings (SSSR count). The lowest BCUT2D eigenvalue weighted by Crippen LogP contribution is -2.29. The number of nitrogen functional groups attached to an aromatic ring is 1. The lowest BCUT2D eigenvalue weighted by molar-refractivity contribution is -0.141. The van der Waals surface area contributed by atoms with Crippen LogP contribution < -0.4 is 16.2 Å². The maximum absolute atomic E-state index is 12.8. The number of rotatable bonds is 4. The van der Waals surface area contributed by atoms with Crippen LogP contribution in [0.4, 0.5) is 24.9 Å². The van der Waals surface area contributed by atoms with E-state index < -0.39 is 11.9 Å². The molecule has 0 aliphatic carbocycles. The highest BCUT2D eigenvalue weighted by Crippen LogP contribution is 2.30. The molecule has 0 amide bonds. The molecule has 1 unspecified atom stereocenters. The van der Waals surface area contributed by atoms with E-state index in [1.165, 1.54) is 0 Å². The van der Waals surface area contributed by atoms with Crippen LogP contribution in [0.15, 0.2) is 6.07 Å². The average molecular weight is 304 g/mol. The summed E-state index contributed by atoms with van der Waals surface area (Å²) in [5, 5.41) is 0. The van der Waals surface area contributed by atoms with Crippen LogP contribution in [-0.2, 0) is 6.18 Å². The van der Waals surface area contributed by atoms with Crippen LogP contribution in [0.25, 0.3) is 0 Å². The molecule has 1 aliphatic rings. The smallest absolute Gasteiger partial charge is 0.359 e. The molecule has 118 valence electrons. The molecule has 3 N–H and O–H groups in total. The largest absolute Gasteiger partial charge is 0.433 e. The average Bonchev–Trinajstić information content (AvgIpc) is 2.82. The third-order valence-corrected chi connectivity index (χ3v) is 3.54. The van der Waals surface area contributed by atoms with Crippen molar-refractivity contribution in [2.24, 2.45) is 11.8 Å². The Kier molecular flexibility index (Phi) is 4.52. The quantitative estimate of drug-likeness (QED) is 0.643. The predicted molar refractivity (Wildman–Crippen MR) is 73.7 cm³/mol. The Labute approximate surface area is 121 Å². The van der Waals surface area contributed by atoms with E-state index >= 15 is 0 Å². The summed E-state index contributed by atoms with van der Waals surface area (Å²) in [6.45, 7) is 2.58. The number of aromatic nitrogens is 2. The molecule has 2 heterocycles. The summed E-state index contributed by atoms with van der Waals surface area (Å²) in [5.74, 6) is 5.53. The minimum Gasteiger partial charge on any atom is -0.359 e. The van der Waals surface area contributed by atoms with Gasteiger partial charge >= 0.3 is 6.18 Å². The van der Waals surface area contributed by atoms with Gasteiger partial charge < -0.3 is 9.80 Å². The Morgan fingerprint density at radius 1 is 1.48 bits per heavy atom. The van der Waals surface area contributed by atoms with E-state index in [9.17, 15) is 13.2 Å². The number of alkyl halides is 3. The van der Waals surface area contributed by atoms with Gasteiger partial charge in [-0.3, -0.25) is 5.43 Å². The van der Waals surface area contributed by atoms with Crippen molar-refractivity contribution in [3.8, 4) is 0 Å². The van der Waals surface area contributed by atoms with Gasteiger partial charge in [0.15, 0.2) is 5.69 Å². The Hall–Kier alpha value is -1.61. The van der Waals surface area contributed by atoms with Crippen molar-refractivity contribution in [3.63, 3.8) is 0 Å². The van der Waals surface area contributed by atoms with Gasteiger partial charge in [-0.2, -0.15) is 18.2 Å². The number of likely N-dealkylation sites (tertiary alicyclic amines) is 1. The molecule has 6 nitrogen and oxygen atoms in total. The standard InChI is InChI=1S/C12H19F3N6/c1-20-4-3-8(6-20)7-21(2)10-5-9(12(13,14)15)17-11(18-10)19-16/h5,8H,3-4,6-7,16H2,1-2H3,(H,17,18,19). The van der Waals surface area contributed by atoms with Crippen molar-refractivity contribution in [1.29, 1.82) is 0 Å². The van der Waals surface area contributed by atoms with Gasteiger partial charge in [-0.1, -0.05) is 0 Å². The van der Waals surface area contributed by atoms with Crippen LogP contribution in [0.1, 0.15) is 12.1 Å². The van der Waals surface area contributed by atoms with Crippen molar-refractivity contribution in [2.75, 3.05) is 44.1 Å². The van der Waals surface area contributed by atoms with Crippen LogP contribution >= 0.6 is 0 Å². The summed E-state index contributed by atoms with van der Waals surface area (Å²) in [7, 11) is 3.75. The zero-order chi connectivity index (χ0) is 15.6. The molecule has 0 radical (unpaired) electrons. The van der Waals surface area contributed by atoms with Crippen LogP contribution in [0.2, 0.25) is 0 Å². The van der Waals surface area contributed by atoms with Gasteiger partial charge in [0.05, 0.1) is 0 Å². The Bertz CT molecular complexity index is 492. The van der Waals surface area contributed by atoms with Gasteiger partial charge in [0.1, 0.15) is 5.82 Å². The van der Waals surface area contributed by atoms with E-state index in [4.69, 9.17) is 5.84 Å².